The smallest absolute Gasteiger partial charge is 0.274 e. The average Bonchev–Trinajstić information content (AvgIpc) is 3.56. The molecule has 2 saturated heterocycles. The first-order chi connectivity index (χ1) is 18.8. The van der Waals surface area contributed by atoms with Gasteiger partial charge in [-0.15, -0.1) is 0 Å². The highest BCUT2D eigenvalue weighted by molar-refractivity contribution is 8.23. The van der Waals surface area contributed by atoms with Crippen LogP contribution in [-0.4, -0.2) is 86.2 Å². The van der Waals surface area contributed by atoms with Crippen LogP contribution in [0.4, 0.5) is 0 Å². The number of ether oxygens (including phenoxy) is 2. The molecule has 3 aliphatic heterocycles. The highest BCUT2D eigenvalue weighted by Crippen LogP contribution is 2.61. The molecule has 0 unspecified atom stereocenters. The third-order valence-electron chi connectivity index (χ3n) is 8.36. The Balaban J connectivity index is 1.30. The first kappa shape index (κ1) is 25.3. The van der Waals surface area contributed by atoms with E-state index in [2.05, 4.69) is 17.0 Å². The molecule has 3 aromatic rings. The van der Waals surface area contributed by atoms with Crippen LogP contribution in [0.2, 0.25) is 0 Å². The lowest BCUT2D eigenvalue weighted by molar-refractivity contribution is -0.0378. The van der Waals surface area contributed by atoms with Crippen molar-refractivity contribution in [2.45, 2.75) is 42.6 Å². The molecule has 39 heavy (non-hydrogen) atoms. The monoisotopic (exact) mass is 550 g/mol. The van der Waals surface area contributed by atoms with Gasteiger partial charge in [0.05, 0.1) is 54.0 Å². The molecule has 0 radical (unpaired) electrons. The van der Waals surface area contributed by atoms with Crippen LogP contribution >= 0.6 is 10.6 Å². The van der Waals surface area contributed by atoms with Gasteiger partial charge in [-0.25, -0.2) is 4.68 Å². The van der Waals surface area contributed by atoms with Crippen molar-refractivity contribution in [3.63, 3.8) is 0 Å². The van der Waals surface area contributed by atoms with Gasteiger partial charge in [0.25, 0.3) is 5.91 Å². The molecule has 1 spiro atoms. The van der Waals surface area contributed by atoms with Crippen LogP contribution in [0.15, 0.2) is 47.4 Å². The highest BCUT2D eigenvalue weighted by atomic mass is 32.3. The number of carbonyl (C=O) groups excluding carboxylic acids is 1. The summed E-state index contributed by atoms with van der Waals surface area (Å²) >= 11 is 0. The summed E-state index contributed by atoms with van der Waals surface area (Å²) in [6.07, 6.45) is 1.93. The van der Waals surface area contributed by atoms with E-state index in [1.165, 1.54) is 5.56 Å². The van der Waals surface area contributed by atoms with Crippen molar-refractivity contribution in [2.75, 3.05) is 46.0 Å². The minimum absolute atomic E-state index is 0.0220. The largest absolute Gasteiger partial charge is 0.379 e. The SMILES string of the molecule is Cc1cccc2c1S(O)(O)Cc1c(C(=O)N3CCOC4(CC4)C3)nn(-c3ccc(CN4CCOCC4)cc3)c1-2. The Hall–Kier alpha value is -2.73. The van der Waals surface area contributed by atoms with E-state index < -0.39 is 10.6 Å². The molecule has 1 amide bonds. The maximum absolute atomic E-state index is 13.9. The predicted octanol–water partition coefficient (Wildman–Crippen LogP) is 4.31. The molecule has 4 heterocycles. The van der Waals surface area contributed by atoms with E-state index in [0.29, 0.717) is 35.8 Å². The Morgan fingerprint density at radius 2 is 1.82 bits per heavy atom. The fourth-order valence-electron chi connectivity index (χ4n) is 6.14. The number of nitrogens with zero attached hydrogens (tertiary/aromatic N) is 4. The fourth-order valence-corrected chi connectivity index (χ4v) is 8.06. The van der Waals surface area contributed by atoms with Crippen LogP contribution < -0.4 is 0 Å². The van der Waals surface area contributed by atoms with E-state index in [9.17, 15) is 13.9 Å². The van der Waals surface area contributed by atoms with Crippen LogP contribution in [0.3, 0.4) is 0 Å². The lowest BCUT2D eigenvalue weighted by Gasteiger charge is -2.39. The lowest BCUT2D eigenvalue weighted by Crippen LogP contribution is -2.47. The van der Waals surface area contributed by atoms with Crippen LogP contribution in [0.1, 0.15) is 40.0 Å². The molecule has 1 aliphatic carbocycles. The second kappa shape index (κ2) is 9.43. The van der Waals surface area contributed by atoms with Gasteiger partial charge in [-0.2, -0.15) is 15.7 Å². The van der Waals surface area contributed by atoms with Gasteiger partial charge in [0.15, 0.2) is 5.69 Å². The number of hydrogen-bond donors (Lipinski definition) is 2. The van der Waals surface area contributed by atoms with Crippen LogP contribution in [-0.2, 0) is 21.8 Å². The van der Waals surface area contributed by atoms with E-state index >= 15 is 0 Å². The van der Waals surface area contributed by atoms with E-state index in [4.69, 9.17) is 14.6 Å². The lowest BCUT2D eigenvalue weighted by atomic mass is 10.0. The quantitative estimate of drug-likeness (QED) is 0.499. The molecule has 9 nitrogen and oxygen atoms in total. The van der Waals surface area contributed by atoms with Gasteiger partial charge >= 0.3 is 0 Å². The van der Waals surface area contributed by atoms with Gasteiger partial charge in [0, 0.05) is 37.3 Å². The number of aromatic nitrogens is 2. The molecule has 1 saturated carbocycles. The zero-order valence-corrected chi connectivity index (χ0v) is 23.0. The summed E-state index contributed by atoms with van der Waals surface area (Å²) in [7, 11) is -3.14. The normalized spacial score (nSPS) is 22.3. The molecule has 4 aliphatic rings. The second-order valence-electron chi connectivity index (χ2n) is 11.2. The third-order valence-corrected chi connectivity index (χ3v) is 10.2. The number of amides is 1. The summed E-state index contributed by atoms with van der Waals surface area (Å²) in [4.78, 5) is 18.7. The molecule has 7 rings (SSSR count). The van der Waals surface area contributed by atoms with Crippen molar-refractivity contribution in [3.8, 4) is 16.9 Å². The molecule has 0 atom stereocenters. The maximum Gasteiger partial charge on any atom is 0.274 e. The molecule has 0 bridgehead atoms. The number of rotatable bonds is 4. The highest BCUT2D eigenvalue weighted by Gasteiger charge is 2.49. The summed E-state index contributed by atoms with van der Waals surface area (Å²) in [6, 6.07) is 14.0. The van der Waals surface area contributed by atoms with Crippen molar-refractivity contribution in [1.29, 1.82) is 0 Å². The van der Waals surface area contributed by atoms with Gasteiger partial charge in [-0.05, 0) is 43.0 Å². The molecular formula is C29H34N4O5S. The van der Waals surface area contributed by atoms with Crippen molar-refractivity contribution >= 4 is 16.5 Å². The van der Waals surface area contributed by atoms with Crippen molar-refractivity contribution in [3.05, 3.63) is 64.8 Å². The van der Waals surface area contributed by atoms with E-state index in [-0.39, 0.29) is 17.3 Å². The summed E-state index contributed by atoms with van der Waals surface area (Å²) in [5, 5.41) is 4.89. The topological polar surface area (TPSA) is 100 Å². The number of morpholine rings is 2. The van der Waals surface area contributed by atoms with Crippen molar-refractivity contribution in [2.24, 2.45) is 0 Å². The van der Waals surface area contributed by atoms with E-state index in [0.717, 1.165) is 68.2 Å². The standard InChI is InChI=1S/C29H34N4O5S/c1-20-3-2-4-23-26-24(18-39(35,36)27(20)23)25(28(34)32-13-16-38-29(19-32)9-10-29)30-33(26)22-7-5-21(6-8-22)17-31-11-14-37-15-12-31/h2-8,35-36H,9-19H2,1H3. The van der Waals surface area contributed by atoms with Crippen LogP contribution in [0.5, 0.6) is 0 Å². The molecular weight excluding hydrogens is 516 g/mol. The van der Waals surface area contributed by atoms with E-state index in [1.807, 2.05) is 46.8 Å². The summed E-state index contributed by atoms with van der Waals surface area (Å²) in [6.45, 7) is 7.68. The van der Waals surface area contributed by atoms with Crippen LogP contribution in [0, 0.1) is 6.92 Å². The third kappa shape index (κ3) is 4.49. The van der Waals surface area contributed by atoms with Gasteiger partial charge in [0.2, 0.25) is 0 Å². The number of benzene rings is 2. The molecule has 1 aromatic heterocycles. The summed E-state index contributed by atoms with van der Waals surface area (Å²) in [5.74, 6) is -0.193. The number of aryl methyl sites for hydroxylation is 1. The van der Waals surface area contributed by atoms with Crippen molar-refractivity contribution in [1.82, 2.24) is 19.6 Å². The minimum atomic E-state index is -3.14. The zero-order valence-electron chi connectivity index (χ0n) is 22.1. The molecule has 206 valence electrons. The molecule has 2 aromatic carbocycles. The maximum atomic E-state index is 13.9. The van der Waals surface area contributed by atoms with E-state index in [1.54, 1.807) is 0 Å². The average molecular weight is 551 g/mol. The summed E-state index contributed by atoms with van der Waals surface area (Å²) < 4.78 is 35.8. The summed E-state index contributed by atoms with van der Waals surface area (Å²) in [5.41, 5.74) is 5.04. The molecule has 10 heteroatoms. The van der Waals surface area contributed by atoms with Gasteiger partial charge in [-0.3, -0.25) is 18.8 Å². The van der Waals surface area contributed by atoms with Gasteiger partial charge in [0.1, 0.15) is 0 Å². The molecule has 2 N–H and O–H groups in total. The zero-order chi connectivity index (χ0) is 26.8. The van der Waals surface area contributed by atoms with Crippen molar-refractivity contribution < 1.29 is 23.4 Å². The Kier molecular flexibility index (Phi) is 6.11. The number of hydrogen-bond acceptors (Lipinski definition) is 7. The second-order valence-corrected chi connectivity index (χ2v) is 13.2. The van der Waals surface area contributed by atoms with Gasteiger partial charge in [-0.1, -0.05) is 30.3 Å². The first-order valence-corrected chi connectivity index (χ1v) is 15.4. The first-order valence-electron chi connectivity index (χ1n) is 13.6. The van der Waals surface area contributed by atoms with Crippen LogP contribution in [0.25, 0.3) is 16.9 Å². The Bertz CT molecular complexity index is 1430. The number of carbonyl (C=O) groups is 1. The molecule has 3 fully saturated rings. The predicted molar refractivity (Wildman–Crippen MR) is 148 cm³/mol. The van der Waals surface area contributed by atoms with Gasteiger partial charge < -0.3 is 14.4 Å². The minimum Gasteiger partial charge on any atom is -0.379 e. The Morgan fingerprint density at radius 1 is 1.05 bits per heavy atom. The Labute approximate surface area is 229 Å². The fraction of sp³-hybridized carbons (Fsp3) is 0.448. The number of fused-ring (bicyclic) bond motifs is 3. The Morgan fingerprint density at radius 3 is 2.56 bits per heavy atom.